The number of anilines is 1. The summed E-state index contributed by atoms with van der Waals surface area (Å²) in [4.78, 5) is 36.0. The van der Waals surface area contributed by atoms with Gasteiger partial charge in [-0.3, -0.25) is 14.4 Å². The van der Waals surface area contributed by atoms with E-state index in [1.807, 2.05) is 91.0 Å². The number of benzene rings is 4. The first-order valence-corrected chi connectivity index (χ1v) is 16.8. The number of hydrogen-bond acceptors (Lipinski definition) is 8. The molecule has 1 aliphatic heterocycles. The molecule has 1 aliphatic rings. The van der Waals surface area contributed by atoms with Gasteiger partial charge in [0, 0.05) is 48.2 Å². The van der Waals surface area contributed by atoms with E-state index in [4.69, 9.17) is 14.2 Å². The molecule has 0 saturated carbocycles. The number of carbonyl (C=O) groups is 3. The third-order valence-corrected chi connectivity index (χ3v) is 9.09. The van der Waals surface area contributed by atoms with Crippen molar-refractivity contribution in [3.63, 3.8) is 0 Å². The molecule has 1 fully saturated rings. The van der Waals surface area contributed by atoms with Gasteiger partial charge in [0.05, 0.1) is 18.8 Å². The molecule has 0 radical (unpaired) electrons. The Kier molecular flexibility index (Phi) is 12.0. The van der Waals surface area contributed by atoms with Gasteiger partial charge in [-0.05, 0) is 53.4 Å². The molecule has 5 rings (SSSR count). The van der Waals surface area contributed by atoms with E-state index < -0.39 is 18.4 Å². The van der Waals surface area contributed by atoms with Gasteiger partial charge >= 0.3 is 5.97 Å². The van der Waals surface area contributed by atoms with Crippen LogP contribution in [0.2, 0.25) is 0 Å². The van der Waals surface area contributed by atoms with E-state index in [0.717, 1.165) is 38.4 Å². The van der Waals surface area contributed by atoms with E-state index in [-0.39, 0.29) is 43.1 Å². The van der Waals surface area contributed by atoms with Crippen molar-refractivity contribution in [1.29, 1.82) is 0 Å². The van der Waals surface area contributed by atoms with E-state index in [1.165, 1.54) is 20.8 Å². The summed E-state index contributed by atoms with van der Waals surface area (Å²) in [6, 6.07) is 33.5. The molecule has 4 aromatic rings. The SMILES string of the molecule is CC(=O)Nc1ccc(SCC2OC(c3ccc(CNC(=O)C(C)OC(C)=O)cc3)OC(c3ccc(CO)cc3)C2c2ccccc2)cc1. The highest BCUT2D eigenvalue weighted by Crippen LogP contribution is 2.48. The Labute approximate surface area is 285 Å². The molecule has 5 unspecified atom stereocenters. The maximum atomic E-state index is 12.3. The van der Waals surface area contributed by atoms with Crippen LogP contribution in [0, 0.1) is 0 Å². The Morgan fingerprint density at radius 1 is 0.812 bits per heavy atom. The first-order valence-electron chi connectivity index (χ1n) is 15.8. The molecule has 10 heteroatoms. The highest BCUT2D eigenvalue weighted by atomic mass is 32.2. The fraction of sp³-hybridized carbons (Fsp3) is 0.289. The van der Waals surface area contributed by atoms with Crippen molar-refractivity contribution in [3.8, 4) is 0 Å². The highest BCUT2D eigenvalue weighted by Gasteiger charge is 2.41. The second-order valence-corrected chi connectivity index (χ2v) is 12.7. The van der Waals surface area contributed by atoms with Gasteiger partial charge in [-0.2, -0.15) is 0 Å². The van der Waals surface area contributed by atoms with E-state index in [9.17, 15) is 19.5 Å². The summed E-state index contributed by atoms with van der Waals surface area (Å²) in [5.41, 5.74) is 5.32. The maximum Gasteiger partial charge on any atom is 0.303 e. The quantitative estimate of drug-likeness (QED) is 0.117. The number of esters is 1. The molecule has 1 heterocycles. The largest absolute Gasteiger partial charge is 0.453 e. The van der Waals surface area contributed by atoms with Crippen LogP contribution in [0.25, 0.3) is 0 Å². The third-order valence-electron chi connectivity index (χ3n) is 7.99. The summed E-state index contributed by atoms with van der Waals surface area (Å²) < 4.78 is 18.5. The molecular weight excluding hydrogens is 628 g/mol. The van der Waals surface area contributed by atoms with Crippen LogP contribution >= 0.6 is 11.8 Å². The second-order valence-electron chi connectivity index (χ2n) is 11.6. The van der Waals surface area contributed by atoms with Crippen molar-refractivity contribution in [2.75, 3.05) is 11.1 Å². The molecule has 0 bridgehead atoms. The van der Waals surface area contributed by atoms with Crippen LogP contribution in [-0.4, -0.2) is 40.9 Å². The fourth-order valence-electron chi connectivity index (χ4n) is 5.60. The summed E-state index contributed by atoms with van der Waals surface area (Å²) in [5.74, 6) is -0.507. The van der Waals surface area contributed by atoms with Crippen LogP contribution in [0.3, 0.4) is 0 Å². The van der Waals surface area contributed by atoms with E-state index in [1.54, 1.807) is 11.8 Å². The van der Waals surface area contributed by atoms with Crippen molar-refractivity contribution < 1.29 is 33.7 Å². The minimum Gasteiger partial charge on any atom is -0.453 e. The third kappa shape index (κ3) is 9.32. The smallest absolute Gasteiger partial charge is 0.303 e. The molecule has 9 nitrogen and oxygen atoms in total. The summed E-state index contributed by atoms with van der Waals surface area (Å²) >= 11 is 1.67. The lowest BCUT2D eigenvalue weighted by atomic mass is 9.84. The number of amides is 2. The first-order chi connectivity index (χ1) is 23.2. The number of nitrogens with one attached hydrogen (secondary N) is 2. The molecule has 250 valence electrons. The molecule has 3 N–H and O–H groups in total. The first kappa shape index (κ1) is 34.8. The summed E-state index contributed by atoms with van der Waals surface area (Å²) in [6.07, 6.45) is -2.16. The predicted octanol–water partition coefficient (Wildman–Crippen LogP) is 6.44. The van der Waals surface area contributed by atoms with Crippen LogP contribution in [0.4, 0.5) is 5.69 Å². The van der Waals surface area contributed by atoms with Crippen LogP contribution < -0.4 is 10.6 Å². The standard InChI is InChI=1S/C38H40N2O7S/c1-24(45-26(3)43)37(44)39-21-27-9-15-31(16-10-27)38-46-34(23-48-33-19-17-32(18-20-33)40-25(2)42)35(29-7-5-4-6-8-29)36(47-38)30-13-11-28(22-41)12-14-30/h4-20,24,34-36,38,41H,21-23H2,1-3H3,(H,39,44)(H,40,42). The fourth-order valence-corrected chi connectivity index (χ4v) is 6.57. The zero-order valence-electron chi connectivity index (χ0n) is 27.1. The van der Waals surface area contributed by atoms with Crippen molar-refractivity contribution in [3.05, 3.63) is 131 Å². The molecule has 0 aliphatic carbocycles. The zero-order chi connectivity index (χ0) is 34.0. The lowest BCUT2D eigenvalue weighted by Gasteiger charge is -2.43. The molecule has 0 aromatic heterocycles. The number of carbonyl (C=O) groups excluding carboxylic acids is 3. The molecule has 0 spiro atoms. The van der Waals surface area contributed by atoms with Crippen LogP contribution in [0.15, 0.2) is 108 Å². The number of ether oxygens (including phenoxy) is 3. The molecule has 2 amide bonds. The zero-order valence-corrected chi connectivity index (χ0v) is 27.9. The van der Waals surface area contributed by atoms with Crippen molar-refractivity contribution in [1.82, 2.24) is 5.32 Å². The molecule has 1 saturated heterocycles. The molecular formula is C38H40N2O7S. The lowest BCUT2D eigenvalue weighted by Crippen LogP contribution is -2.38. The second kappa shape index (κ2) is 16.6. The van der Waals surface area contributed by atoms with Gasteiger partial charge in [0.15, 0.2) is 12.4 Å². The average molecular weight is 669 g/mol. The Bertz CT molecular complexity index is 1660. The maximum absolute atomic E-state index is 12.3. The average Bonchev–Trinajstić information content (AvgIpc) is 3.10. The van der Waals surface area contributed by atoms with E-state index in [0.29, 0.717) is 5.75 Å². The lowest BCUT2D eigenvalue weighted by molar-refractivity contribution is -0.255. The summed E-state index contributed by atoms with van der Waals surface area (Å²) in [7, 11) is 0. The molecule has 4 aromatic carbocycles. The summed E-state index contributed by atoms with van der Waals surface area (Å²) in [5, 5.41) is 15.3. The topological polar surface area (TPSA) is 123 Å². The van der Waals surface area contributed by atoms with Crippen LogP contribution in [-0.2, 0) is 41.7 Å². The van der Waals surface area contributed by atoms with Gasteiger partial charge in [-0.15, -0.1) is 11.8 Å². The number of aliphatic hydroxyl groups excluding tert-OH is 1. The minimum absolute atomic E-state index is 0.0465. The summed E-state index contributed by atoms with van der Waals surface area (Å²) in [6.45, 7) is 4.51. The van der Waals surface area contributed by atoms with Gasteiger partial charge in [-0.25, -0.2) is 0 Å². The Morgan fingerprint density at radius 3 is 2.08 bits per heavy atom. The van der Waals surface area contributed by atoms with Gasteiger partial charge in [0.1, 0.15) is 0 Å². The predicted molar refractivity (Wildman–Crippen MR) is 184 cm³/mol. The Morgan fingerprint density at radius 2 is 1.46 bits per heavy atom. The number of thioether (sulfide) groups is 1. The van der Waals surface area contributed by atoms with Crippen molar-refractivity contribution in [2.24, 2.45) is 0 Å². The van der Waals surface area contributed by atoms with Crippen LogP contribution in [0.1, 0.15) is 66.9 Å². The monoisotopic (exact) mass is 668 g/mol. The van der Waals surface area contributed by atoms with Crippen molar-refractivity contribution >= 4 is 35.2 Å². The highest BCUT2D eigenvalue weighted by molar-refractivity contribution is 7.99. The number of aliphatic hydroxyl groups is 1. The molecule has 48 heavy (non-hydrogen) atoms. The number of rotatable bonds is 12. The van der Waals surface area contributed by atoms with Gasteiger partial charge < -0.3 is 30.0 Å². The normalized spacial score (nSPS) is 19.6. The van der Waals surface area contributed by atoms with E-state index >= 15 is 0 Å². The Balaban J connectivity index is 1.40. The Hall–Kier alpha value is -4.48. The van der Waals surface area contributed by atoms with Crippen molar-refractivity contribution in [2.45, 2.75) is 69.3 Å². The van der Waals surface area contributed by atoms with Crippen LogP contribution in [0.5, 0.6) is 0 Å². The van der Waals surface area contributed by atoms with Gasteiger partial charge in [-0.1, -0.05) is 78.9 Å². The molecule has 5 atom stereocenters. The van der Waals surface area contributed by atoms with Gasteiger partial charge in [0.2, 0.25) is 5.91 Å². The van der Waals surface area contributed by atoms with E-state index in [2.05, 4.69) is 22.8 Å². The minimum atomic E-state index is -0.878. The van der Waals surface area contributed by atoms with Gasteiger partial charge in [0.25, 0.3) is 5.91 Å². The number of hydrogen-bond donors (Lipinski definition) is 3.